The number of rotatable bonds is 3. The summed E-state index contributed by atoms with van der Waals surface area (Å²) < 4.78 is 44.4. The molecule has 0 radical (unpaired) electrons. The topological polar surface area (TPSA) is 59.0 Å². The molecule has 0 amide bonds. The predicted octanol–water partition coefficient (Wildman–Crippen LogP) is 4.01. The Balaban J connectivity index is 2.46. The highest BCUT2D eigenvalue weighted by Gasteiger charge is 2.17. The van der Waals surface area contributed by atoms with E-state index in [9.17, 15) is 13.2 Å². The number of nitrogens with two attached hydrogens (primary N) is 1. The third kappa shape index (κ3) is 2.67. The molecule has 20 heavy (non-hydrogen) atoms. The van der Waals surface area contributed by atoms with E-state index in [2.05, 4.69) is 0 Å². The summed E-state index contributed by atoms with van der Waals surface area (Å²) in [4.78, 5) is 0. The maximum Gasteiger partial charge on any atom is 0.267 e. The molecule has 0 atom stereocenters. The SMILES string of the molecule is N#Cc1c(F)cccc1Oc1ccc(N)cc1C(F)F. The Morgan fingerprint density at radius 3 is 2.55 bits per heavy atom. The summed E-state index contributed by atoms with van der Waals surface area (Å²) in [5, 5.41) is 8.86. The number of nitrogen functional groups attached to an aromatic ring is 1. The van der Waals surface area contributed by atoms with Gasteiger partial charge >= 0.3 is 0 Å². The van der Waals surface area contributed by atoms with Gasteiger partial charge in [-0.1, -0.05) is 6.07 Å². The zero-order valence-corrected chi connectivity index (χ0v) is 10.1. The number of alkyl halides is 2. The van der Waals surface area contributed by atoms with Crippen molar-refractivity contribution in [1.82, 2.24) is 0 Å². The number of halogens is 3. The molecule has 0 aliphatic carbocycles. The number of ether oxygens (including phenoxy) is 1. The van der Waals surface area contributed by atoms with Gasteiger partial charge in [-0.2, -0.15) is 5.26 Å². The molecular weight excluding hydrogens is 269 g/mol. The largest absolute Gasteiger partial charge is 0.455 e. The molecule has 0 aromatic heterocycles. The minimum absolute atomic E-state index is 0.126. The van der Waals surface area contributed by atoms with Crippen molar-refractivity contribution < 1.29 is 17.9 Å². The minimum Gasteiger partial charge on any atom is -0.455 e. The van der Waals surface area contributed by atoms with E-state index in [0.717, 1.165) is 12.1 Å². The van der Waals surface area contributed by atoms with Gasteiger partial charge in [0.2, 0.25) is 0 Å². The summed E-state index contributed by atoms with van der Waals surface area (Å²) in [7, 11) is 0. The summed E-state index contributed by atoms with van der Waals surface area (Å²) in [6, 6.07) is 9.08. The van der Waals surface area contributed by atoms with E-state index in [1.54, 1.807) is 6.07 Å². The summed E-state index contributed by atoms with van der Waals surface area (Å²) in [5.74, 6) is -1.07. The quantitative estimate of drug-likeness (QED) is 0.863. The molecule has 3 nitrogen and oxygen atoms in total. The number of benzene rings is 2. The zero-order chi connectivity index (χ0) is 14.7. The van der Waals surface area contributed by atoms with Crippen LogP contribution in [0.5, 0.6) is 11.5 Å². The van der Waals surface area contributed by atoms with Gasteiger partial charge in [-0.15, -0.1) is 0 Å². The summed E-state index contributed by atoms with van der Waals surface area (Å²) >= 11 is 0. The normalized spacial score (nSPS) is 10.3. The first-order valence-electron chi connectivity index (χ1n) is 5.57. The number of hydrogen-bond acceptors (Lipinski definition) is 3. The van der Waals surface area contributed by atoms with Crippen LogP contribution in [0.4, 0.5) is 18.9 Å². The van der Waals surface area contributed by atoms with Crippen LogP contribution >= 0.6 is 0 Å². The van der Waals surface area contributed by atoms with Gasteiger partial charge in [0.15, 0.2) is 0 Å². The molecule has 0 aliphatic rings. The first kappa shape index (κ1) is 13.7. The molecule has 0 fully saturated rings. The number of anilines is 1. The third-order valence-corrected chi connectivity index (χ3v) is 2.58. The molecule has 2 aromatic rings. The van der Waals surface area contributed by atoms with E-state index >= 15 is 0 Å². The lowest BCUT2D eigenvalue weighted by Gasteiger charge is -2.12. The van der Waals surface area contributed by atoms with Crippen LogP contribution in [0.2, 0.25) is 0 Å². The second-order valence-corrected chi connectivity index (χ2v) is 3.92. The minimum atomic E-state index is -2.80. The van der Waals surface area contributed by atoms with Crippen molar-refractivity contribution in [2.45, 2.75) is 6.43 Å². The fourth-order valence-electron chi connectivity index (χ4n) is 1.65. The number of nitrogens with zero attached hydrogens (tertiary/aromatic N) is 1. The van der Waals surface area contributed by atoms with Gasteiger partial charge in [-0.3, -0.25) is 0 Å². The van der Waals surface area contributed by atoms with Gasteiger partial charge in [0, 0.05) is 5.69 Å². The smallest absolute Gasteiger partial charge is 0.267 e. The van der Waals surface area contributed by atoms with Crippen LogP contribution in [0.1, 0.15) is 17.6 Å². The fourth-order valence-corrected chi connectivity index (χ4v) is 1.65. The van der Waals surface area contributed by atoms with Crippen LogP contribution in [0.25, 0.3) is 0 Å². The summed E-state index contributed by atoms with van der Waals surface area (Å²) in [6.45, 7) is 0. The summed E-state index contributed by atoms with van der Waals surface area (Å²) in [6.07, 6.45) is -2.80. The Morgan fingerprint density at radius 1 is 1.15 bits per heavy atom. The molecule has 0 saturated heterocycles. The highest BCUT2D eigenvalue weighted by atomic mass is 19.3. The molecule has 6 heteroatoms. The van der Waals surface area contributed by atoms with Gasteiger partial charge in [0.25, 0.3) is 6.43 Å². The maximum atomic E-state index is 13.4. The van der Waals surface area contributed by atoms with Crippen LogP contribution in [-0.4, -0.2) is 0 Å². The molecule has 0 heterocycles. The highest BCUT2D eigenvalue weighted by Crippen LogP contribution is 2.35. The van der Waals surface area contributed by atoms with Crippen molar-refractivity contribution in [3.8, 4) is 17.6 Å². The van der Waals surface area contributed by atoms with Crippen LogP contribution in [0, 0.1) is 17.1 Å². The molecule has 0 bridgehead atoms. The van der Waals surface area contributed by atoms with Crippen molar-refractivity contribution in [1.29, 1.82) is 5.26 Å². The molecule has 0 unspecified atom stereocenters. The second-order valence-electron chi connectivity index (χ2n) is 3.92. The molecule has 102 valence electrons. The van der Waals surface area contributed by atoms with E-state index in [4.69, 9.17) is 15.7 Å². The summed E-state index contributed by atoms with van der Waals surface area (Å²) in [5.41, 5.74) is 4.84. The highest BCUT2D eigenvalue weighted by molar-refractivity contribution is 5.52. The van der Waals surface area contributed by atoms with Gasteiger partial charge in [0.05, 0.1) is 5.56 Å². The monoisotopic (exact) mass is 278 g/mol. The number of nitriles is 1. The standard InChI is InChI=1S/C14H9F3N2O/c15-11-2-1-3-12(10(11)7-18)20-13-5-4-8(19)6-9(13)14(16)17/h1-6,14H,19H2. The molecule has 0 spiro atoms. The average molecular weight is 278 g/mol. The zero-order valence-electron chi connectivity index (χ0n) is 10.1. The van der Waals surface area contributed by atoms with E-state index in [1.165, 1.54) is 24.3 Å². The second kappa shape index (κ2) is 5.53. The van der Waals surface area contributed by atoms with Crippen LogP contribution in [0.15, 0.2) is 36.4 Å². The van der Waals surface area contributed by atoms with Gasteiger partial charge < -0.3 is 10.5 Å². The van der Waals surface area contributed by atoms with Crippen molar-refractivity contribution in [2.24, 2.45) is 0 Å². The fraction of sp³-hybridized carbons (Fsp3) is 0.0714. The third-order valence-electron chi connectivity index (χ3n) is 2.58. The lowest BCUT2D eigenvalue weighted by Crippen LogP contribution is -1.97. The van der Waals surface area contributed by atoms with Crippen molar-refractivity contribution in [2.75, 3.05) is 5.73 Å². The van der Waals surface area contributed by atoms with Crippen LogP contribution in [0.3, 0.4) is 0 Å². The van der Waals surface area contributed by atoms with Crippen LogP contribution < -0.4 is 10.5 Å². The Bertz CT molecular complexity index is 681. The number of hydrogen-bond donors (Lipinski definition) is 1. The van der Waals surface area contributed by atoms with Crippen LogP contribution in [-0.2, 0) is 0 Å². The molecule has 2 N–H and O–H groups in total. The first-order valence-corrected chi connectivity index (χ1v) is 5.57. The first-order chi connectivity index (χ1) is 9.52. The van der Waals surface area contributed by atoms with E-state index in [0.29, 0.717) is 0 Å². The average Bonchev–Trinajstić information content (AvgIpc) is 2.41. The molecular formula is C14H9F3N2O. The van der Waals surface area contributed by atoms with E-state index in [1.807, 2.05) is 0 Å². The molecule has 0 aliphatic heterocycles. The predicted molar refractivity (Wildman–Crippen MR) is 67.0 cm³/mol. The van der Waals surface area contributed by atoms with Gasteiger partial charge in [0.1, 0.15) is 28.9 Å². The van der Waals surface area contributed by atoms with Crippen molar-refractivity contribution in [3.05, 3.63) is 53.3 Å². The Hall–Kier alpha value is -2.68. The Morgan fingerprint density at radius 2 is 1.90 bits per heavy atom. The Kier molecular flexibility index (Phi) is 3.80. The van der Waals surface area contributed by atoms with Gasteiger partial charge in [-0.05, 0) is 30.3 Å². The van der Waals surface area contributed by atoms with Gasteiger partial charge in [-0.25, -0.2) is 13.2 Å². The van der Waals surface area contributed by atoms with E-state index in [-0.39, 0.29) is 22.7 Å². The molecule has 2 rings (SSSR count). The van der Waals surface area contributed by atoms with E-state index < -0.39 is 17.8 Å². The lowest BCUT2D eigenvalue weighted by molar-refractivity contribution is 0.148. The molecule has 2 aromatic carbocycles. The van der Waals surface area contributed by atoms with Crippen molar-refractivity contribution in [3.63, 3.8) is 0 Å². The maximum absolute atomic E-state index is 13.4. The Labute approximate surface area is 113 Å². The molecule has 0 saturated carbocycles. The lowest BCUT2D eigenvalue weighted by atomic mass is 10.1. The van der Waals surface area contributed by atoms with Crippen molar-refractivity contribution >= 4 is 5.69 Å².